The van der Waals surface area contributed by atoms with E-state index in [1.54, 1.807) is 11.1 Å². The Labute approximate surface area is 130 Å². The summed E-state index contributed by atoms with van der Waals surface area (Å²) in [4.78, 5) is 23.8. The smallest absolute Gasteiger partial charge is 0.410 e. The van der Waals surface area contributed by atoms with Crippen LogP contribution in [0.3, 0.4) is 0 Å². The van der Waals surface area contributed by atoms with Crippen molar-refractivity contribution in [3.63, 3.8) is 0 Å². The number of hydrogen-bond acceptors (Lipinski definition) is 7. The highest BCUT2D eigenvalue weighted by molar-refractivity contribution is 5.68. The van der Waals surface area contributed by atoms with Crippen molar-refractivity contribution in [1.82, 2.24) is 19.8 Å². The molecule has 1 aromatic heterocycles. The summed E-state index contributed by atoms with van der Waals surface area (Å²) < 4.78 is 5.38. The average molecular weight is 308 g/mol. The van der Waals surface area contributed by atoms with Crippen LogP contribution in [0.15, 0.2) is 6.20 Å². The van der Waals surface area contributed by atoms with Gasteiger partial charge in [0.25, 0.3) is 0 Å². The van der Waals surface area contributed by atoms with Gasteiger partial charge < -0.3 is 21.1 Å². The molecule has 0 bridgehead atoms. The lowest BCUT2D eigenvalue weighted by atomic mass is 10.2. The zero-order chi connectivity index (χ0) is 16.3. The molecule has 22 heavy (non-hydrogen) atoms. The summed E-state index contributed by atoms with van der Waals surface area (Å²) in [6.45, 7) is 9.01. The highest BCUT2D eigenvalue weighted by Crippen LogP contribution is 2.15. The van der Waals surface area contributed by atoms with Crippen molar-refractivity contribution in [2.24, 2.45) is 0 Å². The second-order valence-corrected chi connectivity index (χ2v) is 6.38. The van der Waals surface area contributed by atoms with Gasteiger partial charge in [0.2, 0.25) is 5.95 Å². The number of rotatable bonds is 2. The summed E-state index contributed by atoms with van der Waals surface area (Å²) in [5.74, 6) is 0.582. The van der Waals surface area contributed by atoms with Gasteiger partial charge in [-0.15, -0.1) is 0 Å². The van der Waals surface area contributed by atoms with Crippen LogP contribution in [0.1, 0.15) is 26.3 Å². The van der Waals surface area contributed by atoms with E-state index in [2.05, 4.69) is 14.9 Å². The maximum absolute atomic E-state index is 12.0. The van der Waals surface area contributed by atoms with E-state index in [1.165, 1.54) is 0 Å². The maximum Gasteiger partial charge on any atom is 0.410 e. The SMILES string of the molecule is CC(C)(C)OC(=O)N1CCN(Cc2cnc(N)nc2N)CC1. The van der Waals surface area contributed by atoms with E-state index < -0.39 is 5.60 Å². The third-order valence-electron chi connectivity index (χ3n) is 3.33. The molecule has 8 heteroatoms. The van der Waals surface area contributed by atoms with Gasteiger partial charge >= 0.3 is 6.09 Å². The Kier molecular flexibility index (Phi) is 4.70. The van der Waals surface area contributed by atoms with E-state index in [1.807, 2.05) is 20.8 Å². The summed E-state index contributed by atoms with van der Waals surface area (Å²) >= 11 is 0. The fourth-order valence-corrected chi connectivity index (χ4v) is 2.21. The number of nitrogens with two attached hydrogens (primary N) is 2. The highest BCUT2D eigenvalue weighted by atomic mass is 16.6. The van der Waals surface area contributed by atoms with Crippen LogP contribution in [-0.4, -0.2) is 57.6 Å². The van der Waals surface area contributed by atoms with E-state index in [0.29, 0.717) is 25.5 Å². The van der Waals surface area contributed by atoms with Crippen LogP contribution in [0.5, 0.6) is 0 Å². The lowest BCUT2D eigenvalue weighted by Crippen LogP contribution is -2.49. The number of carbonyl (C=O) groups excluding carboxylic acids is 1. The van der Waals surface area contributed by atoms with Gasteiger partial charge in [0.05, 0.1) is 0 Å². The van der Waals surface area contributed by atoms with Gasteiger partial charge in [0.1, 0.15) is 11.4 Å². The van der Waals surface area contributed by atoms with Gasteiger partial charge in [-0.05, 0) is 20.8 Å². The molecule has 4 N–H and O–H groups in total. The highest BCUT2D eigenvalue weighted by Gasteiger charge is 2.26. The minimum atomic E-state index is -0.468. The molecule has 0 radical (unpaired) electrons. The molecule has 1 aliphatic rings. The van der Waals surface area contributed by atoms with Gasteiger partial charge in [-0.3, -0.25) is 4.90 Å². The Morgan fingerprint density at radius 1 is 1.27 bits per heavy atom. The molecule has 2 heterocycles. The number of amides is 1. The summed E-state index contributed by atoms with van der Waals surface area (Å²) in [5, 5.41) is 0. The van der Waals surface area contributed by atoms with E-state index >= 15 is 0 Å². The first-order chi connectivity index (χ1) is 10.2. The Balaban J connectivity index is 1.86. The molecule has 1 aromatic rings. The van der Waals surface area contributed by atoms with Crippen LogP contribution in [0.4, 0.5) is 16.6 Å². The van der Waals surface area contributed by atoms with Crippen LogP contribution in [0.25, 0.3) is 0 Å². The lowest BCUT2D eigenvalue weighted by Gasteiger charge is -2.35. The quantitative estimate of drug-likeness (QED) is 0.827. The van der Waals surface area contributed by atoms with Crippen LogP contribution < -0.4 is 11.5 Å². The van der Waals surface area contributed by atoms with Crippen molar-refractivity contribution < 1.29 is 9.53 Å². The first-order valence-corrected chi connectivity index (χ1v) is 7.32. The van der Waals surface area contributed by atoms with Crippen molar-refractivity contribution >= 4 is 17.9 Å². The van der Waals surface area contributed by atoms with Crippen LogP contribution in [0.2, 0.25) is 0 Å². The monoisotopic (exact) mass is 308 g/mol. The molecule has 1 saturated heterocycles. The molecule has 0 aliphatic carbocycles. The number of carbonyl (C=O) groups is 1. The molecule has 1 amide bonds. The number of hydrogen-bond donors (Lipinski definition) is 2. The van der Waals surface area contributed by atoms with Crippen molar-refractivity contribution in [1.29, 1.82) is 0 Å². The molecule has 2 rings (SSSR count). The fourth-order valence-electron chi connectivity index (χ4n) is 2.21. The van der Waals surface area contributed by atoms with Crippen LogP contribution >= 0.6 is 0 Å². The summed E-state index contributed by atoms with van der Waals surface area (Å²) in [5.41, 5.74) is 11.7. The van der Waals surface area contributed by atoms with Crippen molar-refractivity contribution in [3.05, 3.63) is 11.8 Å². The molecule has 1 aliphatic heterocycles. The minimum Gasteiger partial charge on any atom is -0.444 e. The summed E-state index contributed by atoms with van der Waals surface area (Å²) in [6.07, 6.45) is 1.39. The van der Waals surface area contributed by atoms with Crippen LogP contribution in [-0.2, 0) is 11.3 Å². The topological polar surface area (TPSA) is 111 Å². The number of piperazine rings is 1. The van der Waals surface area contributed by atoms with Gasteiger partial charge in [-0.2, -0.15) is 4.98 Å². The first kappa shape index (κ1) is 16.3. The number of anilines is 2. The van der Waals surface area contributed by atoms with Gasteiger partial charge in [-0.25, -0.2) is 9.78 Å². The van der Waals surface area contributed by atoms with Gasteiger partial charge in [0, 0.05) is 44.5 Å². The van der Waals surface area contributed by atoms with Crippen molar-refractivity contribution in [2.45, 2.75) is 32.9 Å². The molecule has 0 spiro atoms. The molecule has 0 saturated carbocycles. The summed E-state index contributed by atoms with van der Waals surface area (Å²) in [7, 11) is 0. The standard InChI is InChI=1S/C14H24N6O2/c1-14(2,3)22-13(21)20-6-4-19(5-7-20)9-10-8-17-12(16)18-11(10)15/h8H,4-7,9H2,1-3H3,(H4,15,16,17,18). The van der Waals surface area contributed by atoms with E-state index in [0.717, 1.165) is 18.7 Å². The molecule has 1 fully saturated rings. The predicted octanol–water partition coefficient (Wildman–Crippen LogP) is 0.694. The van der Waals surface area contributed by atoms with E-state index in [4.69, 9.17) is 16.2 Å². The number of ether oxygens (including phenoxy) is 1. The van der Waals surface area contributed by atoms with Gasteiger partial charge in [0.15, 0.2) is 0 Å². The Hall–Kier alpha value is -2.09. The van der Waals surface area contributed by atoms with Crippen LogP contribution in [0, 0.1) is 0 Å². The largest absolute Gasteiger partial charge is 0.444 e. The second kappa shape index (κ2) is 6.35. The van der Waals surface area contributed by atoms with E-state index in [-0.39, 0.29) is 12.0 Å². The lowest BCUT2D eigenvalue weighted by molar-refractivity contribution is 0.0139. The zero-order valence-corrected chi connectivity index (χ0v) is 13.4. The molecular weight excluding hydrogens is 284 g/mol. The molecular formula is C14H24N6O2. The third kappa shape index (κ3) is 4.45. The Morgan fingerprint density at radius 3 is 2.45 bits per heavy atom. The van der Waals surface area contributed by atoms with Crippen molar-refractivity contribution in [3.8, 4) is 0 Å². The fraction of sp³-hybridized carbons (Fsp3) is 0.643. The molecule has 122 valence electrons. The molecule has 0 atom stereocenters. The number of aromatic nitrogens is 2. The second-order valence-electron chi connectivity index (χ2n) is 6.38. The Bertz CT molecular complexity index is 535. The minimum absolute atomic E-state index is 0.177. The summed E-state index contributed by atoms with van der Waals surface area (Å²) in [6, 6.07) is 0. The van der Waals surface area contributed by atoms with E-state index in [9.17, 15) is 4.79 Å². The average Bonchev–Trinajstić information content (AvgIpc) is 2.41. The number of nitrogens with zero attached hydrogens (tertiary/aromatic N) is 4. The number of nitrogen functional groups attached to an aromatic ring is 2. The van der Waals surface area contributed by atoms with Gasteiger partial charge in [-0.1, -0.05) is 0 Å². The first-order valence-electron chi connectivity index (χ1n) is 7.32. The third-order valence-corrected chi connectivity index (χ3v) is 3.33. The predicted molar refractivity (Wildman–Crippen MR) is 83.9 cm³/mol. The molecule has 0 unspecified atom stereocenters. The Morgan fingerprint density at radius 2 is 1.91 bits per heavy atom. The van der Waals surface area contributed by atoms with Crippen molar-refractivity contribution in [2.75, 3.05) is 37.6 Å². The molecule has 0 aromatic carbocycles. The molecule has 8 nitrogen and oxygen atoms in total. The normalized spacial score (nSPS) is 16.6. The zero-order valence-electron chi connectivity index (χ0n) is 13.4. The maximum atomic E-state index is 12.0.